The van der Waals surface area contributed by atoms with E-state index in [1.165, 1.54) is 12.3 Å². The van der Waals surface area contributed by atoms with E-state index >= 15 is 0 Å². The van der Waals surface area contributed by atoms with Gasteiger partial charge in [-0.2, -0.15) is 0 Å². The molecule has 12 heavy (non-hydrogen) atoms. The second-order valence-corrected chi connectivity index (χ2v) is 2.16. The van der Waals surface area contributed by atoms with Gasteiger partial charge in [-0.15, -0.1) is 0 Å². The van der Waals surface area contributed by atoms with Crippen LogP contribution < -0.4 is 5.73 Å². The summed E-state index contributed by atoms with van der Waals surface area (Å²) < 4.78 is 0. The van der Waals surface area contributed by atoms with Crippen molar-refractivity contribution >= 4 is 12.2 Å². The predicted octanol–water partition coefficient (Wildman–Crippen LogP) is -0.683. The van der Waals surface area contributed by atoms with Gasteiger partial charge in [0.15, 0.2) is 6.29 Å². The fraction of sp³-hybridized carbons (Fsp3) is 0.143. The van der Waals surface area contributed by atoms with Gasteiger partial charge in [0, 0.05) is 6.20 Å². The SMILES string of the molecule is NC(=O)Cc1nccc(C=O)n1. The molecule has 0 unspecified atom stereocenters. The molecule has 0 saturated heterocycles. The van der Waals surface area contributed by atoms with Crippen molar-refractivity contribution in [3.8, 4) is 0 Å². The van der Waals surface area contributed by atoms with Crippen LogP contribution in [0.1, 0.15) is 16.3 Å². The van der Waals surface area contributed by atoms with Crippen LogP contribution in [-0.4, -0.2) is 22.2 Å². The Morgan fingerprint density at radius 2 is 2.42 bits per heavy atom. The lowest BCUT2D eigenvalue weighted by atomic mass is 10.3. The molecule has 1 aromatic heterocycles. The van der Waals surface area contributed by atoms with E-state index < -0.39 is 5.91 Å². The number of primary amides is 1. The average Bonchev–Trinajstić information content (AvgIpc) is 2.03. The number of nitrogens with two attached hydrogens (primary N) is 1. The van der Waals surface area contributed by atoms with Crippen molar-refractivity contribution in [1.82, 2.24) is 9.97 Å². The van der Waals surface area contributed by atoms with Crippen molar-refractivity contribution in [3.05, 3.63) is 23.8 Å². The second kappa shape index (κ2) is 3.56. The van der Waals surface area contributed by atoms with Crippen molar-refractivity contribution in [1.29, 1.82) is 0 Å². The molecule has 1 aromatic rings. The van der Waals surface area contributed by atoms with Crippen molar-refractivity contribution in [3.63, 3.8) is 0 Å². The molecule has 62 valence electrons. The van der Waals surface area contributed by atoms with E-state index in [1.54, 1.807) is 0 Å². The molecule has 0 radical (unpaired) electrons. The minimum Gasteiger partial charge on any atom is -0.369 e. The molecule has 1 amide bonds. The monoisotopic (exact) mass is 165 g/mol. The Balaban J connectivity index is 2.86. The number of amides is 1. The van der Waals surface area contributed by atoms with Crippen LogP contribution in [0.4, 0.5) is 0 Å². The maximum Gasteiger partial charge on any atom is 0.225 e. The molecule has 5 nitrogen and oxygen atoms in total. The standard InChI is InChI=1S/C7H7N3O2/c8-6(12)3-7-9-2-1-5(4-11)10-7/h1-2,4H,3H2,(H2,8,12). The number of hydrogen-bond acceptors (Lipinski definition) is 4. The highest BCUT2D eigenvalue weighted by Gasteiger charge is 2.01. The Morgan fingerprint density at radius 3 is 3.00 bits per heavy atom. The fourth-order valence-electron chi connectivity index (χ4n) is 0.721. The van der Waals surface area contributed by atoms with Crippen LogP contribution in [0, 0.1) is 0 Å². The van der Waals surface area contributed by atoms with E-state index in [0.29, 0.717) is 6.29 Å². The van der Waals surface area contributed by atoms with Gasteiger partial charge in [0.05, 0.1) is 6.42 Å². The molecule has 0 aliphatic rings. The van der Waals surface area contributed by atoms with Crippen LogP contribution in [0.5, 0.6) is 0 Å². The molecule has 0 fully saturated rings. The highest BCUT2D eigenvalue weighted by Crippen LogP contribution is 1.92. The fourth-order valence-corrected chi connectivity index (χ4v) is 0.721. The van der Waals surface area contributed by atoms with Crippen LogP contribution in [0.15, 0.2) is 12.3 Å². The third-order valence-corrected chi connectivity index (χ3v) is 1.18. The Kier molecular flexibility index (Phi) is 2.47. The number of aldehydes is 1. The summed E-state index contributed by atoms with van der Waals surface area (Å²) in [5, 5.41) is 0. The summed E-state index contributed by atoms with van der Waals surface area (Å²) >= 11 is 0. The van der Waals surface area contributed by atoms with Gasteiger partial charge in [-0.1, -0.05) is 0 Å². The van der Waals surface area contributed by atoms with Crippen molar-refractivity contribution in [2.24, 2.45) is 5.73 Å². The normalized spacial score (nSPS) is 9.33. The molecule has 1 rings (SSSR count). The largest absolute Gasteiger partial charge is 0.369 e. The lowest BCUT2D eigenvalue weighted by molar-refractivity contribution is -0.117. The molecule has 0 spiro atoms. The molecule has 0 aromatic carbocycles. The minimum absolute atomic E-state index is 0.0400. The van der Waals surface area contributed by atoms with Crippen LogP contribution in [-0.2, 0) is 11.2 Å². The topological polar surface area (TPSA) is 85.9 Å². The molecule has 0 aliphatic heterocycles. The maximum absolute atomic E-state index is 10.4. The van der Waals surface area contributed by atoms with Gasteiger partial charge in [-0.05, 0) is 6.07 Å². The Labute approximate surface area is 68.6 Å². The summed E-state index contributed by atoms with van der Waals surface area (Å²) in [6.07, 6.45) is 1.96. The highest BCUT2D eigenvalue weighted by atomic mass is 16.1. The van der Waals surface area contributed by atoms with E-state index in [0.717, 1.165) is 0 Å². The molecule has 2 N–H and O–H groups in total. The second-order valence-electron chi connectivity index (χ2n) is 2.16. The number of carbonyl (C=O) groups is 2. The molecule has 0 bridgehead atoms. The Morgan fingerprint density at radius 1 is 1.67 bits per heavy atom. The molecule has 0 aliphatic carbocycles. The van der Waals surface area contributed by atoms with Gasteiger partial charge >= 0.3 is 0 Å². The first-order valence-electron chi connectivity index (χ1n) is 3.28. The van der Waals surface area contributed by atoms with Gasteiger partial charge in [0.1, 0.15) is 11.5 Å². The summed E-state index contributed by atoms with van der Waals surface area (Å²) in [5.41, 5.74) is 5.16. The quantitative estimate of drug-likeness (QED) is 0.601. The summed E-state index contributed by atoms with van der Waals surface area (Å²) in [4.78, 5) is 28.2. The van der Waals surface area contributed by atoms with E-state index in [4.69, 9.17) is 5.73 Å². The van der Waals surface area contributed by atoms with E-state index in [2.05, 4.69) is 9.97 Å². The Bertz CT molecular complexity index is 311. The number of carbonyl (C=O) groups excluding carboxylic acids is 2. The molecular weight excluding hydrogens is 158 g/mol. The van der Waals surface area contributed by atoms with E-state index in [1.807, 2.05) is 0 Å². The summed E-state index contributed by atoms with van der Waals surface area (Å²) in [5.74, 6) is -0.245. The smallest absolute Gasteiger partial charge is 0.225 e. The first-order chi connectivity index (χ1) is 5.72. The zero-order valence-corrected chi connectivity index (χ0v) is 6.23. The van der Waals surface area contributed by atoms with Crippen molar-refractivity contribution < 1.29 is 9.59 Å². The van der Waals surface area contributed by atoms with Crippen LogP contribution in [0.2, 0.25) is 0 Å². The zero-order chi connectivity index (χ0) is 8.97. The van der Waals surface area contributed by atoms with Crippen molar-refractivity contribution in [2.75, 3.05) is 0 Å². The van der Waals surface area contributed by atoms with Crippen LogP contribution in [0.3, 0.4) is 0 Å². The van der Waals surface area contributed by atoms with Gasteiger partial charge in [0.2, 0.25) is 5.91 Å². The lowest BCUT2D eigenvalue weighted by Gasteiger charge is -1.95. The molecule has 0 saturated carbocycles. The van der Waals surface area contributed by atoms with Gasteiger partial charge in [0.25, 0.3) is 0 Å². The van der Waals surface area contributed by atoms with E-state index in [-0.39, 0.29) is 17.9 Å². The maximum atomic E-state index is 10.4. The number of rotatable bonds is 3. The summed E-state index contributed by atoms with van der Waals surface area (Å²) in [7, 11) is 0. The first-order valence-corrected chi connectivity index (χ1v) is 3.28. The lowest BCUT2D eigenvalue weighted by Crippen LogP contribution is -2.15. The molecule has 5 heteroatoms. The molecule has 1 heterocycles. The molecule has 0 atom stereocenters. The number of hydrogen-bond donors (Lipinski definition) is 1. The zero-order valence-electron chi connectivity index (χ0n) is 6.23. The van der Waals surface area contributed by atoms with Gasteiger partial charge in [-0.25, -0.2) is 9.97 Å². The van der Waals surface area contributed by atoms with Crippen molar-refractivity contribution in [2.45, 2.75) is 6.42 Å². The van der Waals surface area contributed by atoms with Gasteiger partial charge in [-0.3, -0.25) is 9.59 Å². The predicted molar refractivity (Wildman–Crippen MR) is 40.3 cm³/mol. The third kappa shape index (κ3) is 2.12. The minimum atomic E-state index is -0.516. The molecular formula is C7H7N3O2. The Hall–Kier alpha value is -1.78. The third-order valence-electron chi connectivity index (χ3n) is 1.18. The van der Waals surface area contributed by atoms with E-state index in [9.17, 15) is 9.59 Å². The summed E-state index contributed by atoms with van der Waals surface area (Å²) in [6.45, 7) is 0. The van der Waals surface area contributed by atoms with Gasteiger partial charge < -0.3 is 5.73 Å². The average molecular weight is 165 g/mol. The first kappa shape index (κ1) is 8.32. The highest BCUT2D eigenvalue weighted by molar-refractivity contribution is 5.76. The van der Waals surface area contributed by atoms with Crippen LogP contribution >= 0.6 is 0 Å². The number of aromatic nitrogens is 2. The summed E-state index contributed by atoms with van der Waals surface area (Å²) in [6, 6.07) is 1.46. The van der Waals surface area contributed by atoms with Crippen LogP contribution in [0.25, 0.3) is 0 Å². The number of nitrogens with zero attached hydrogens (tertiary/aromatic N) is 2.